The van der Waals surface area contributed by atoms with Gasteiger partial charge in [0.1, 0.15) is 5.82 Å². The molecule has 3 N–H and O–H groups in total. The predicted octanol–water partition coefficient (Wildman–Crippen LogP) is 3.53. The van der Waals surface area contributed by atoms with E-state index in [1.807, 2.05) is 31.2 Å². The Bertz CT molecular complexity index is 572. The Morgan fingerprint density at radius 1 is 1.26 bits per heavy atom. The maximum absolute atomic E-state index is 13.8. The van der Waals surface area contributed by atoms with E-state index in [-0.39, 0.29) is 11.9 Å². The van der Waals surface area contributed by atoms with Crippen LogP contribution in [0.3, 0.4) is 0 Å². The average molecular weight is 279 g/mol. The second kappa shape index (κ2) is 6.15. The van der Waals surface area contributed by atoms with Gasteiger partial charge < -0.3 is 0 Å². The second-order valence-electron chi connectivity index (χ2n) is 4.52. The predicted molar refractivity (Wildman–Crippen MR) is 76.4 cm³/mol. The molecule has 2 rings (SSSR count). The number of nitrogens with two attached hydrogens (primary N) is 1. The molecule has 0 aliphatic carbocycles. The van der Waals surface area contributed by atoms with E-state index in [1.54, 1.807) is 12.1 Å². The summed E-state index contributed by atoms with van der Waals surface area (Å²) in [6, 6.07) is 12.3. The molecule has 100 valence electrons. The van der Waals surface area contributed by atoms with Gasteiger partial charge in [0.15, 0.2) is 0 Å². The topological polar surface area (TPSA) is 38.0 Å². The molecule has 2 aromatic carbocycles. The fourth-order valence-electron chi connectivity index (χ4n) is 2.16. The van der Waals surface area contributed by atoms with Crippen LogP contribution in [0.15, 0.2) is 42.5 Å². The molecule has 0 saturated heterocycles. The van der Waals surface area contributed by atoms with Gasteiger partial charge in [-0.2, -0.15) is 0 Å². The highest BCUT2D eigenvalue weighted by atomic mass is 35.5. The number of halogens is 2. The van der Waals surface area contributed by atoms with Crippen LogP contribution in [-0.2, 0) is 6.42 Å². The molecule has 1 atom stereocenters. The number of aryl methyl sites for hydroxylation is 1. The van der Waals surface area contributed by atoms with E-state index in [1.165, 1.54) is 6.07 Å². The number of benzene rings is 2. The van der Waals surface area contributed by atoms with Gasteiger partial charge >= 0.3 is 0 Å². The molecule has 0 aromatic heterocycles. The van der Waals surface area contributed by atoms with Crippen LogP contribution in [-0.4, -0.2) is 0 Å². The van der Waals surface area contributed by atoms with Gasteiger partial charge in [-0.1, -0.05) is 35.9 Å². The summed E-state index contributed by atoms with van der Waals surface area (Å²) in [4.78, 5) is 0. The number of hydrogen-bond acceptors (Lipinski definition) is 2. The normalized spacial score (nSPS) is 12.4. The van der Waals surface area contributed by atoms with Crippen LogP contribution in [0.1, 0.15) is 22.7 Å². The van der Waals surface area contributed by atoms with Crippen molar-refractivity contribution in [2.45, 2.75) is 19.4 Å². The van der Waals surface area contributed by atoms with E-state index in [0.717, 1.165) is 11.1 Å². The summed E-state index contributed by atoms with van der Waals surface area (Å²) in [5, 5.41) is 0.525. The molecule has 1 unspecified atom stereocenters. The van der Waals surface area contributed by atoms with Crippen molar-refractivity contribution >= 4 is 11.6 Å². The van der Waals surface area contributed by atoms with E-state index in [4.69, 9.17) is 17.4 Å². The maximum Gasteiger partial charge on any atom is 0.126 e. The Balaban J connectivity index is 2.29. The molecule has 0 amide bonds. The van der Waals surface area contributed by atoms with E-state index < -0.39 is 0 Å². The quantitative estimate of drug-likeness (QED) is 0.663. The Hall–Kier alpha value is -1.42. The first-order chi connectivity index (χ1) is 9.11. The summed E-state index contributed by atoms with van der Waals surface area (Å²) in [6.45, 7) is 2.01. The van der Waals surface area contributed by atoms with Crippen LogP contribution in [0.4, 0.5) is 4.39 Å². The van der Waals surface area contributed by atoms with Crippen molar-refractivity contribution in [1.29, 1.82) is 0 Å². The zero-order valence-corrected chi connectivity index (χ0v) is 11.4. The third kappa shape index (κ3) is 3.32. The molecular weight excluding hydrogens is 263 g/mol. The molecule has 0 aliphatic heterocycles. The average Bonchev–Trinajstić information content (AvgIpc) is 2.41. The molecule has 0 aliphatic rings. The molecule has 0 saturated carbocycles. The Morgan fingerprint density at radius 3 is 2.68 bits per heavy atom. The first-order valence-corrected chi connectivity index (χ1v) is 6.45. The van der Waals surface area contributed by atoms with E-state index in [2.05, 4.69) is 5.43 Å². The Kier molecular flexibility index (Phi) is 4.53. The summed E-state index contributed by atoms with van der Waals surface area (Å²) in [5.74, 6) is 5.34. The van der Waals surface area contributed by atoms with Gasteiger partial charge in [-0.05, 0) is 48.2 Å². The van der Waals surface area contributed by atoms with Gasteiger partial charge in [-0.15, -0.1) is 0 Å². The molecule has 2 nitrogen and oxygen atoms in total. The van der Waals surface area contributed by atoms with Crippen molar-refractivity contribution in [3.8, 4) is 0 Å². The van der Waals surface area contributed by atoms with Crippen LogP contribution >= 0.6 is 11.6 Å². The van der Waals surface area contributed by atoms with Gasteiger partial charge in [0.25, 0.3) is 0 Å². The number of hydrogen-bond donors (Lipinski definition) is 2. The fraction of sp³-hybridized carbons (Fsp3) is 0.200. The molecular formula is C15H16ClFN2. The highest BCUT2D eigenvalue weighted by Gasteiger charge is 2.15. The lowest BCUT2D eigenvalue weighted by molar-refractivity contribution is 0.527. The van der Waals surface area contributed by atoms with E-state index in [9.17, 15) is 4.39 Å². The highest BCUT2D eigenvalue weighted by Crippen LogP contribution is 2.24. The number of rotatable bonds is 4. The van der Waals surface area contributed by atoms with Crippen LogP contribution in [0.25, 0.3) is 0 Å². The zero-order chi connectivity index (χ0) is 13.8. The standard InChI is InChI=1S/C15H16ClFN2/c1-10-4-2-3-5-13(10)15(19-18)9-11-8-12(16)6-7-14(11)17/h2-8,15,19H,9,18H2,1H3. The lowest BCUT2D eigenvalue weighted by atomic mass is 9.96. The third-order valence-electron chi connectivity index (χ3n) is 3.20. The monoisotopic (exact) mass is 278 g/mol. The zero-order valence-electron chi connectivity index (χ0n) is 10.7. The van der Waals surface area contributed by atoms with Crippen molar-refractivity contribution in [3.05, 3.63) is 70.0 Å². The smallest absolute Gasteiger partial charge is 0.126 e. The van der Waals surface area contributed by atoms with Gasteiger partial charge in [-0.25, -0.2) is 4.39 Å². The Labute approximate surface area is 117 Å². The minimum atomic E-state index is -0.266. The SMILES string of the molecule is Cc1ccccc1C(Cc1cc(Cl)ccc1F)NN. The molecule has 0 spiro atoms. The summed E-state index contributed by atoms with van der Waals surface area (Å²) in [7, 11) is 0. The van der Waals surface area contributed by atoms with Crippen molar-refractivity contribution in [3.63, 3.8) is 0 Å². The van der Waals surface area contributed by atoms with Crippen LogP contribution in [0.2, 0.25) is 5.02 Å². The second-order valence-corrected chi connectivity index (χ2v) is 4.95. The minimum absolute atomic E-state index is 0.144. The molecule has 0 bridgehead atoms. The lowest BCUT2D eigenvalue weighted by Gasteiger charge is -2.19. The summed E-state index contributed by atoms with van der Waals surface area (Å²) >= 11 is 5.90. The van der Waals surface area contributed by atoms with E-state index in [0.29, 0.717) is 17.0 Å². The van der Waals surface area contributed by atoms with Crippen molar-refractivity contribution in [1.82, 2.24) is 5.43 Å². The maximum atomic E-state index is 13.8. The molecule has 19 heavy (non-hydrogen) atoms. The fourth-order valence-corrected chi connectivity index (χ4v) is 2.35. The van der Waals surface area contributed by atoms with Crippen LogP contribution in [0.5, 0.6) is 0 Å². The number of hydrazine groups is 1. The van der Waals surface area contributed by atoms with Crippen LogP contribution in [0, 0.1) is 12.7 Å². The summed E-state index contributed by atoms with van der Waals surface area (Å²) in [6.07, 6.45) is 0.452. The molecule has 0 radical (unpaired) electrons. The first-order valence-electron chi connectivity index (χ1n) is 6.07. The minimum Gasteiger partial charge on any atom is -0.271 e. The van der Waals surface area contributed by atoms with Crippen molar-refractivity contribution in [2.75, 3.05) is 0 Å². The largest absolute Gasteiger partial charge is 0.271 e. The number of nitrogens with one attached hydrogen (secondary N) is 1. The Morgan fingerprint density at radius 2 is 2.00 bits per heavy atom. The molecule has 0 fully saturated rings. The van der Waals surface area contributed by atoms with Gasteiger partial charge in [-0.3, -0.25) is 11.3 Å². The molecule has 4 heteroatoms. The summed E-state index contributed by atoms with van der Waals surface area (Å²) < 4.78 is 13.8. The third-order valence-corrected chi connectivity index (χ3v) is 3.43. The van der Waals surface area contributed by atoms with Crippen molar-refractivity contribution in [2.24, 2.45) is 5.84 Å². The summed E-state index contributed by atoms with van der Waals surface area (Å²) in [5.41, 5.74) is 5.48. The molecule has 0 heterocycles. The van der Waals surface area contributed by atoms with Crippen molar-refractivity contribution < 1.29 is 4.39 Å². The highest BCUT2D eigenvalue weighted by molar-refractivity contribution is 6.30. The van der Waals surface area contributed by atoms with Crippen LogP contribution < -0.4 is 11.3 Å². The van der Waals surface area contributed by atoms with Gasteiger partial charge in [0, 0.05) is 5.02 Å². The van der Waals surface area contributed by atoms with E-state index >= 15 is 0 Å². The first kappa shape index (κ1) is 14.0. The molecule has 2 aromatic rings. The van der Waals surface area contributed by atoms with Gasteiger partial charge in [0.2, 0.25) is 0 Å². The van der Waals surface area contributed by atoms with Gasteiger partial charge in [0.05, 0.1) is 6.04 Å². The lowest BCUT2D eigenvalue weighted by Crippen LogP contribution is -2.30.